The summed E-state index contributed by atoms with van der Waals surface area (Å²) in [6.07, 6.45) is 8.41. The lowest BCUT2D eigenvalue weighted by Gasteiger charge is -2.27. The molecule has 1 aliphatic rings. The fourth-order valence-electron chi connectivity index (χ4n) is 5.02. The number of aromatic nitrogens is 4. The monoisotopic (exact) mass is 583 g/mol. The van der Waals surface area contributed by atoms with Crippen LogP contribution in [0, 0.1) is 11.8 Å². The van der Waals surface area contributed by atoms with Crippen LogP contribution in [-0.2, 0) is 0 Å². The van der Waals surface area contributed by atoms with E-state index in [-0.39, 0.29) is 12.1 Å². The van der Waals surface area contributed by atoms with Gasteiger partial charge in [0.25, 0.3) is 0 Å². The Kier molecular flexibility index (Phi) is 8.90. The zero-order valence-electron chi connectivity index (χ0n) is 24.4. The second kappa shape index (κ2) is 13.7. The lowest BCUT2D eigenvalue weighted by atomic mass is 9.93. The molecule has 0 atom stereocenters. The van der Waals surface area contributed by atoms with E-state index in [1.165, 1.54) is 0 Å². The van der Waals surface area contributed by atoms with Crippen molar-refractivity contribution < 1.29 is 9.84 Å². The van der Waals surface area contributed by atoms with Gasteiger partial charge in [-0.2, -0.15) is 4.98 Å². The topological polar surface area (TPSA) is 117 Å². The second-order valence-corrected chi connectivity index (χ2v) is 10.6. The van der Waals surface area contributed by atoms with Gasteiger partial charge in [-0.1, -0.05) is 18.1 Å². The zero-order valence-corrected chi connectivity index (χ0v) is 24.4. The van der Waals surface area contributed by atoms with Gasteiger partial charge < -0.3 is 25.8 Å². The van der Waals surface area contributed by atoms with Gasteiger partial charge in [-0.25, -0.2) is 9.97 Å². The van der Waals surface area contributed by atoms with E-state index in [1.807, 2.05) is 78.9 Å². The number of hydrogen-bond donors (Lipinski definition) is 4. The number of aliphatic hydroxyl groups is 1. The Morgan fingerprint density at radius 1 is 0.773 bits per heavy atom. The molecule has 3 heterocycles. The first-order chi connectivity index (χ1) is 21.6. The minimum absolute atomic E-state index is 0.221. The fraction of sp³-hybridized carbons (Fsp3) is 0.200. The number of benzene rings is 2. The second-order valence-electron chi connectivity index (χ2n) is 10.6. The third-order valence-electron chi connectivity index (χ3n) is 7.36. The van der Waals surface area contributed by atoms with E-state index in [2.05, 4.69) is 42.7 Å². The molecular weight excluding hydrogens is 550 g/mol. The molecular formula is C35H33N7O2. The largest absolute Gasteiger partial charge is 0.497 e. The number of nitrogens with one attached hydrogen (secondary N) is 3. The number of ether oxygens (including phenoxy) is 1. The van der Waals surface area contributed by atoms with Gasteiger partial charge in [0.15, 0.2) is 0 Å². The number of methoxy groups -OCH3 is 1. The number of hydrogen-bond acceptors (Lipinski definition) is 9. The highest BCUT2D eigenvalue weighted by Gasteiger charge is 2.21. The summed E-state index contributed by atoms with van der Waals surface area (Å²) >= 11 is 0. The predicted octanol–water partition coefficient (Wildman–Crippen LogP) is 6.54. The molecule has 1 aliphatic carbocycles. The summed E-state index contributed by atoms with van der Waals surface area (Å²) < 4.78 is 5.30. The van der Waals surface area contributed by atoms with Gasteiger partial charge in [-0.15, -0.1) is 0 Å². The number of nitrogens with zero attached hydrogens (tertiary/aromatic N) is 4. The van der Waals surface area contributed by atoms with Gasteiger partial charge in [-0.3, -0.25) is 4.98 Å². The molecule has 1 saturated carbocycles. The van der Waals surface area contributed by atoms with E-state index in [0.717, 1.165) is 71.1 Å². The van der Waals surface area contributed by atoms with Crippen LogP contribution in [0.1, 0.15) is 36.9 Å². The highest BCUT2D eigenvalue weighted by atomic mass is 16.5. The van der Waals surface area contributed by atoms with Crippen molar-refractivity contribution in [2.24, 2.45) is 0 Å². The summed E-state index contributed by atoms with van der Waals surface area (Å²) in [6.45, 7) is 0. The average molecular weight is 584 g/mol. The molecule has 0 bridgehead atoms. The Morgan fingerprint density at radius 3 is 2.41 bits per heavy atom. The van der Waals surface area contributed by atoms with E-state index in [4.69, 9.17) is 9.72 Å². The van der Waals surface area contributed by atoms with Crippen LogP contribution >= 0.6 is 0 Å². The third-order valence-corrected chi connectivity index (χ3v) is 7.36. The van der Waals surface area contributed by atoms with Crippen LogP contribution in [-0.4, -0.2) is 44.3 Å². The van der Waals surface area contributed by atoms with Crippen molar-refractivity contribution in [1.82, 2.24) is 19.9 Å². The van der Waals surface area contributed by atoms with Gasteiger partial charge >= 0.3 is 0 Å². The quantitative estimate of drug-likeness (QED) is 0.151. The maximum Gasteiger partial charge on any atom is 0.229 e. The Morgan fingerprint density at radius 2 is 1.61 bits per heavy atom. The van der Waals surface area contributed by atoms with Crippen LogP contribution < -0.4 is 20.7 Å². The number of pyridine rings is 2. The Labute approximate surface area is 256 Å². The molecule has 0 spiro atoms. The minimum atomic E-state index is -0.221. The lowest BCUT2D eigenvalue weighted by Crippen LogP contribution is -2.29. The predicted molar refractivity (Wildman–Crippen MR) is 173 cm³/mol. The maximum absolute atomic E-state index is 9.93. The summed E-state index contributed by atoms with van der Waals surface area (Å²) in [5.74, 6) is 8.33. The van der Waals surface area contributed by atoms with Crippen molar-refractivity contribution in [3.05, 3.63) is 109 Å². The minimum Gasteiger partial charge on any atom is -0.497 e. The van der Waals surface area contributed by atoms with Gasteiger partial charge in [0.05, 0.1) is 24.5 Å². The first-order valence-electron chi connectivity index (χ1n) is 14.6. The van der Waals surface area contributed by atoms with Crippen molar-refractivity contribution >= 4 is 28.8 Å². The smallest absolute Gasteiger partial charge is 0.229 e. The molecule has 3 aromatic heterocycles. The number of rotatable bonds is 8. The Balaban J connectivity index is 1.14. The van der Waals surface area contributed by atoms with Crippen molar-refractivity contribution in [1.29, 1.82) is 0 Å². The van der Waals surface area contributed by atoms with Crippen LogP contribution in [0.5, 0.6) is 5.75 Å². The van der Waals surface area contributed by atoms with Crippen molar-refractivity contribution in [3.8, 4) is 28.8 Å². The molecule has 0 amide bonds. The summed E-state index contributed by atoms with van der Waals surface area (Å²) in [5, 5.41) is 20.2. The first-order valence-corrected chi connectivity index (χ1v) is 14.6. The molecule has 6 rings (SSSR count). The molecule has 2 aromatic carbocycles. The van der Waals surface area contributed by atoms with Gasteiger partial charge in [-0.05, 0) is 92.3 Å². The van der Waals surface area contributed by atoms with Crippen LogP contribution in [0.3, 0.4) is 0 Å². The zero-order chi connectivity index (χ0) is 30.1. The third kappa shape index (κ3) is 7.48. The average Bonchev–Trinajstić information content (AvgIpc) is 3.06. The maximum atomic E-state index is 9.93. The van der Waals surface area contributed by atoms with E-state index in [0.29, 0.717) is 11.6 Å². The highest BCUT2D eigenvalue weighted by molar-refractivity contribution is 5.73. The molecule has 220 valence electrons. The molecule has 0 radical (unpaired) electrons. The normalized spacial score (nSPS) is 15.9. The van der Waals surface area contributed by atoms with Crippen molar-refractivity contribution in [2.75, 3.05) is 23.1 Å². The molecule has 1 fully saturated rings. The Hall–Kier alpha value is -5.46. The van der Waals surface area contributed by atoms with Crippen molar-refractivity contribution in [3.63, 3.8) is 0 Å². The van der Waals surface area contributed by atoms with E-state index in [1.54, 1.807) is 25.7 Å². The van der Waals surface area contributed by atoms with Crippen LogP contribution in [0.4, 0.5) is 28.8 Å². The fourth-order valence-corrected chi connectivity index (χ4v) is 5.02. The van der Waals surface area contributed by atoms with E-state index >= 15 is 0 Å². The number of anilines is 5. The molecule has 9 nitrogen and oxygen atoms in total. The summed E-state index contributed by atoms with van der Waals surface area (Å²) in [7, 11) is 1.65. The molecule has 5 aromatic rings. The lowest BCUT2D eigenvalue weighted by molar-refractivity contribution is 0.126. The summed E-state index contributed by atoms with van der Waals surface area (Å²) in [6, 6.07) is 25.4. The van der Waals surface area contributed by atoms with Crippen LogP contribution in [0.2, 0.25) is 0 Å². The molecule has 9 heteroatoms. The molecule has 0 aliphatic heterocycles. The van der Waals surface area contributed by atoms with Gasteiger partial charge in [0.1, 0.15) is 17.3 Å². The molecule has 0 unspecified atom stereocenters. The molecule has 0 saturated heterocycles. The molecule has 44 heavy (non-hydrogen) atoms. The van der Waals surface area contributed by atoms with Crippen LogP contribution in [0.25, 0.3) is 11.3 Å². The van der Waals surface area contributed by atoms with E-state index in [9.17, 15) is 5.11 Å². The molecule has 4 N–H and O–H groups in total. The standard InChI is InChI=1S/C35H33N7O2/c1-44-31-6-4-5-28(22-31)39-29-18-20-36-27(21-29)13-10-24-8-11-26(12-9-24)41-35-38-23-32(33-7-2-3-19-37-33)34(42-35)40-25-14-16-30(43)17-15-25/h2-9,11-12,18-23,25,30,43H,14-17H2,1H3,(H,36,39)(H2,38,40,41,42). The summed E-state index contributed by atoms with van der Waals surface area (Å²) in [5.41, 5.74) is 5.81. The van der Waals surface area contributed by atoms with Crippen LogP contribution in [0.15, 0.2) is 97.5 Å². The number of aliphatic hydroxyl groups excluding tert-OH is 1. The van der Waals surface area contributed by atoms with Crippen molar-refractivity contribution in [2.45, 2.75) is 37.8 Å². The van der Waals surface area contributed by atoms with Gasteiger partial charge in [0.2, 0.25) is 5.95 Å². The highest BCUT2D eigenvalue weighted by Crippen LogP contribution is 2.29. The Bertz CT molecular complexity index is 1760. The summed E-state index contributed by atoms with van der Waals surface area (Å²) in [4.78, 5) is 18.3. The van der Waals surface area contributed by atoms with Gasteiger partial charge in [0, 0.05) is 53.3 Å². The van der Waals surface area contributed by atoms with E-state index < -0.39 is 0 Å². The SMILES string of the molecule is COc1cccc(Nc2ccnc(C#Cc3ccc(Nc4ncc(-c5ccccn5)c(NC5CCC(O)CC5)n4)cc3)c2)c1. The first kappa shape index (κ1) is 28.6.